The van der Waals surface area contributed by atoms with E-state index in [-0.39, 0.29) is 0 Å². The molecule has 0 saturated heterocycles. The third-order valence-electron chi connectivity index (χ3n) is 0.211. The summed E-state index contributed by atoms with van der Waals surface area (Å²) in [5.41, 5.74) is 0. The van der Waals surface area contributed by atoms with Gasteiger partial charge < -0.3 is 4.99 Å². The van der Waals surface area contributed by atoms with E-state index in [1.54, 1.807) is 5.96 Å². The average Bonchev–Trinajstić information content (AvgIpc) is 1.41. The van der Waals surface area contributed by atoms with Crippen LogP contribution in [0.2, 0.25) is 0 Å². The van der Waals surface area contributed by atoms with E-state index in [4.69, 9.17) is 7.85 Å². The molecule has 0 aromatic rings. The van der Waals surface area contributed by atoms with Gasteiger partial charge in [0.05, 0.1) is 7.85 Å². The Morgan fingerprint density at radius 3 is 2.60 bits per heavy atom. The van der Waals surface area contributed by atoms with E-state index in [9.17, 15) is 0 Å². The highest BCUT2D eigenvalue weighted by Gasteiger charge is 1.51. The first-order chi connectivity index (χ1) is 2.41. The number of rotatable bonds is 1. The molecule has 0 bridgehead atoms. The van der Waals surface area contributed by atoms with Crippen LogP contribution >= 0.6 is 9.24 Å². The second kappa shape index (κ2) is 4.16. The number of hydrogen-bond acceptors (Lipinski definition) is 1. The lowest BCUT2D eigenvalue weighted by atomic mass is 10.2. The number of nitrogens with zero attached hydrogens (tertiary/aromatic N) is 1. The molecule has 0 aliphatic heterocycles. The normalized spacial score (nSPS) is 9.80. The van der Waals surface area contributed by atoms with Gasteiger partial charge >= 0.3 is 0 Å². The summed E-state index contributed by atoms with van der Waals surface area (Å²) in [4.78, 5) is 3.59. The van der Waals surface area contributed by atoms with Crippen LogP contribution < -0.4 is 0 Å². The van der Waals surface area contributed by atoms with Gasteiger partial charge in [0.1, 0.15) is 0 Å². The topological polar surface area (TPSA) is 12.4 Å². The zero-order valence-electron chi connectivity index (χ0n) is 2.89. The van der Waals surface area contributed by atoms with Crippen LogP contribution in [0.3, 0.4) is 0 Å². The molecule has 2 radical (unpaired) electrons. The first kappa shape index (κ1) is 5.16. The smallest absolute Gasteiger partial charge is 0.0971 e. The monoisotopic (exact) mass is 85.0 g/mol. The summed E-state index contributed by atoms with van der Waals surface area (Å²) >= 11 is 0. The lowest BCUT2D eigenvalue weighted by molar-refractivity contribution is 1.40. The van der Waals surface area contributed by atoms with Crippen molar-refractivity contribution in [3.05, 3.63) is 0 Å². The lowest BCUT2D eigenvalue weighted by Crippen LogP contribution is -1.69. The van der Waals surface area contributed by atoms with Crippen LogP contribution in [-0.2, 0) is 0 Å². The molecular formula is C2H5BNP. The van der Waals surface area contributed by atoms with Crippen LogP contribution in [0.25, 0.3) is 0 Å². The molecule has 0 rings (SSSR count). The van der Waals surface area contributed by atoms with Crippen molar-refractivity contribution in [1.29, 1.82) is 0 Å². The van der Waals surface area contributed by atoms with Crippen LogP contribution in [0.15, 0.2) is 4.99 Å². The van der Waals surface area contributed by atoms with Crippen molar-refractivity contribution in [1.82, 2.24) is 0 Å². The fourth-order valence-corrected chi connectivity index (χ4v) is 0.183. The molecule has 0 aromatic heterocycles. The summed E-state index contributed by atoms with van der Waals surface area (Å²) < 4.78 is 0. The number of hydrogen-bond donors (Lipinski definition) is 0. The maximum absolute atomic E-state index is 4.93. The molecule has 26 valence electrons. The molecule has 0 aliphatic carbocycles. The first-order valence-electron chi connectivity index (χ1n) is 1.32. The molecule has 0 saturated carbocycles. The van der Waals surface area contributed by atoms with Gasteiger partial charge in [0.25, 0.3) is 0 Å². The maximum Gasteiger partial charge on any atom is 0.0971 e. The molecule has 1 nitrogen and oxygen atoms in total. The second-order valence-corrected chi connectivity index (χ2v) is 0.812. The molecule has 0 aromatic carbocycles. The quantitative estimate of drug-likeness (QED) is 0.241. The van der Waals surface area contributed by atoms with Crippen molar-refractivity contribution in [2.45, 2.75) is 0 Å². The van der Waals surface area contributed by atoms with Crippen molar-refractivity contribution in [2.75, 3.05) is 6.44 Å². The van der Waals surface area contributed by atoms with Gasteiger partial charge in [-0.15, -0.1) is 0 Å². The first-order valence-corrected chi connectivity index (χ1v) is 1.98. The van der Waals surface area contributed by atoms with Crippen molar-refractivity contribution < 1.29 is 0 Å². The third-order valence-corrected chi connectivity index (χ3v) is 0.422. The van der Waals surface area contributed by atoms with Crippen LogP contribution in [0.1, 0.15) is 0 Å². The molecule has 0 N–H and O–H groups in total. The van der Waals surface area contributed by atoms with E-state index in [1.807, 2.05) is 0 Å². The van der Waals surface area contributed by atoms with E-state index in [0.717, 1.165) is 0 Å². The van der Waals surface area contributed by atoms with Crippen molar-refractivity contribution in [3.8, 4) is 0 Å². The molecular weight excluding hydrogens is 79.8 g/mol. The van der Waals surface area contributed by atoms with Gasteiger partial charge in [0.2, 0.25) is 0 Å². The Morgan fingerprint density at radius 2 is 2.60 bits per heavy atom. The summed E-state index contributed by atoms with van der Waals surface area (Å²) in [6.45, 7) is 0. The summed E-state index contributed by atoms with van der Waals surface area (Å²) in [6, 6.07) is 0. The number of aliphatic imine (C=N–C) groups is 1. The van der Waals surface area contributed by atoms with Crippen molar-refractivity contribution in [2.24, 2.45) is 4.99 Å². The van der Waals surface area contributed by atoms with Crippen molar-refractivity contribution in [3.63, 3.8) is 0 Å². The van der Waals surface area contributed by atoms with Gasteiger partial charge in [-0.05, 0) is 6.44 Å². The Bertz CT molecular complexity index is 36.6. The minimum Gasteiger partial charge on any atom is -0.303 e. The molecule has 1 unspecified atom stereocenters. The zero-order chi connectivity index (χ0) is 4.12. The highest BCUT2D eigenvalue weighted by atomic mass is 31.0. The molecule has 1 atom stereocenters. The molecule has 0 aliphatic rings. The van der Waals surface area contributed by atoms with Gasteiger partial charge in [-0.25, -0.2) is 0 Å². The second-order valence-electron chi connectivity index (χ2n) is 0.514. The average molecular weight is 84.9 g/mol. The van der Waals surface area contributed by atoms with Gasteiger partial charge in [-0.3, -0.25) is 0 Å². The summed E-state index contributed by atoms with van der Waals surface area (Å²) in [5, 5.41) is 0. The predicted octanol–water partition coefficient (Wildman–Crippen LogP) is 0.0158. The van der Waals surface area contributed by atoms with Crippen LogP contribution in [-0.4, -0.2) is 20.2 Å². The summed E-state index contributed by atoms with van der Waals surface area (Å²) in [7, 11) is 7.26. The Morgan fingerprint density at radius 1 is 2.00 bits per heavy atom. The summed E-state index contributed by atoms with van der Waals surface area (Å²) in [5.74, 6) is 1.60. The molecule has 0 fully saturated rings. The fourth-order valence-electron chi connectivity index (χ4n) is 0.0609. The van der Waals surface area contributed by atoms with E-state index in [1.165, 1.54) is 0 Å². The van der Waals surface area contributed by atoms with Crippen LogP contribution in [0, 0.1) is 0 Å². The largest absolute Gasteiger partial charge is 0.303 e. The maximum atomic E-state index is 4.93. The predicted molar refractivity (Wildman–Crippen MR) is 28.8 cm³/mol. The standard InChI is InChI=1S/C2H5BNP/c3-1-4-2-5/h2H,1,5H2. The van der Waals surface area contributed by atoms with Crippen LogP contribution in [0.4, 0.5) is 0 Å². The minimum absolute atomic E-state index is 0.392. The molecule has 3 heteroatoms. The van der Waals surface area contributed by atoms with E-state index in [0.29, 0.717) is 6.44 Å². The molecule has 0 spiro atoms. The van der Waals surface area contributed by atoms with Gasteiger partial charge in [-0.2, -0.15) is 0 Å². The van der Waals surface area contributed by atoms with Crippen LogP contribution in [0.5, 0.6) is 0 Å². The molecule has 0 amide bonds. The Labute approximate surface area is 35.5 Å². The SMILES string of the molecule is [B]CN=CP. The van der Waals surface area contributed by atoms with E-state index >= 15 is 0 Å². The Balaban J connectivity index is 2.62. The van der Waals surface area contributed by atoms with Gasteiger partial charge in [-0.1, -0.05) is 9.24 Å². The van der Waals surface area contributed by atoms with Crippen molar-refractivity contribution >= 4 is 23.0 Å². The Hall–Kier alpha value is 0.165. The van der Waals surface area contributed by atoms with Gasteiger partial charge in [0.15, 0.2) is 0 Å². The summed E-state index contributed by atoms with van der Waals surface area (Å²) in [6.07, 6.45) is 0.392. The highest BCUT2D eigenvalue weighted by Crippen LogP contribution is 1.66. The Kier molecular flexibility index (Phi) is 4.30. The fraction of sp³-hybridized carbons (Fsp3) is 0.500. The lowest BCUT2D eigenvalue weighted by Gasteiger charge is -1.67. The molecule has 5 heavy (non-hydrogen) atoms. The molecule has 0 heterocycles. The minimum atomic E-state index is 0.392. The van der Waals surface area contributed by atoms with Gasteiger partial charge in [0, 0.05) is 5.96 Å². The van der Waals surface area contributed by atoms with E-state index in [2.05, 4.69) is 14.2 Å². The zero-order valence-corrected chi connectivity index (χ0v) is 4.04. The van der Waals surface area contributed by atoms with E-state index < -0.39 is 0 Å². The third kappa shape index (κ3) is 4.16. The highest BCUT2D eigenvalue weighted by molar-refractivity contribution is 7.36.